The molecule has 1 aliphatic carbocycles. The summed E-state index contributed by atoms with van der Waals surface area (Å²) in [4.78, 5) is 13.5. The average Bonchev–Trinajstić information content (AvgIpc) is 3.14. The number of rotatable bonds is 7. The third-order valence-corrected chi connectivity index (χ3v) is 5.93. The maximum atomic E-state index is 12.9. The number of benzene rings is 1. The Morgan fingerprint density at radius 3 is 2.29 bits per heavy atom. The van der Waals surface area contributed by atoms with E-state index in [0.29, 0.717) is 37.1 Å². The molecule has 0 N–H and O–H groups in total. The maximum absolute atomic E-state index is 12.9. The minimum Gasteiger partial charge on any atom is -0.465 e. The molecule has 31 heavy (non-hydrogen) atoms. The standard InChI is InChI=1S/C21H26F5NO4/c1-29-19(28)13-2-6-15(7-3-13)27-11-18(10-16(27)12-30-20(22)23)31-17-8-4-14(5-9-17)21(24,25)26/h2-3,6-7,14,16-18,20H,4-5,8-12H2,1H3/t14?,16-,17?,18-/m0/s1. The highest BCUT2D eigenvalue weighted by Crippen LogP contribution is 2.39. The van der Waals surface area contributed by atoms with Gasteiger partial charge in [-0.3, -0.25) is 0 Å². The van der Waals surface area contributed by atoms with E-state index in [0.717, 1.165) is 0 Å². The van der Waals surface area contributed by atoms with Crippen LogP contribution >= 0.6 is 0 Å². The average molecular weight is 451 g/mol. The summed E-state index contributed by atoms with van der Waals surface area (Å²) in [6.07, 6.45) is -3.61. The van der Waals surface area contributed by atoms with E-state index in [1.54, 1.807) is 24.3 Å². The van der Waals surface area contributed by atoms with Gasteiger partial charge in [-0.25, -0.2) is 4.79 Å². The van der Waals surface area contributed by atoms with Gasteiger partial charge in [0.2, 0.25) is 0 Å². The zero-order chi connectivity index (χ0) is 22.6. The summed E-state index contributed by atoms with van der Waals surface area (Å²) in [6.45, 7) is -2.72. The van der Waals surface area contributed by atoms with Crippen molar-refractivity contribution in [1.82, 2.24) is 0 Å². The van der Waals surface area contributed by atoms with Gasteiger partial charge in [-0.2, -0.15) is 22.0 Å². The van der Waals surface area contributed by atoms with Crippen LogP contribution in [0, 0.1) is 5.92 Å². The fourth-order valence-corrected chi connectivity index (χ4v) is 4.34. The maximum Gasteiger partial charge on any atom is 0.391 e. The Labute approximate surface area is 177 Å². The molecule has 174 valence electrons. The second kappa shape index (κ2) is 10.1. The van der Waals surface area contributed by atoms with Crippen molar-refractivity contribution in [3.8, 4) is 0 Å². The number of anilines is 1. The van der Waals surface area contributed by atoms with Gasteiger partial charge < -0.3 is 19.1 Å². The second-order valence-corrected chi connectivity index (χ2v) is 7.95. The quantitative estimate of drug-likeness (QED) is 0.441. The Morgan fingerprint density at radius 2 is 1.74 bits per heavy atom. The van der Waals surface area contributed by atoms with Gasteiger partial charge in [0.25, 0.3) is 0 Å². The van der Waals surface area contributed by atoms with Crippen LogP contribution in [0.1, 0.15) is 42.5 Å². The molecule has 1 saturated heterocycles. The first kappa shape index (κ1) is 23.7. The van der Waals surface area contributed by atoms with Gasteiger partial charge in [0.15, 0.2) is 0 Å². The fourth-order valence-electron chi connectivity index (χ4n) is 4.34. The normalized spacial score (nSPS) is 27.0. The van der Waals surface area contributed by atoms with Crippen LogP contribution in [0.2, 0.25) is 0 Å². The molecule has 1 heterocycles. The number of alkyl halides is 5. The molecule has 5 nitrogen and oxygen atoms in total. The Hall–Kier alpha value is -1.94. The van der Waals surface area contributed by atoms with Crippen LogP contribution in [0.3, 0.4) is 0 Å². The lowest BCUT2D eigenvalue weighted by molar-refractivity contribution is -0.189. The summed E-state index contributed by atoms with van der Waals surface area (Å²) in [5.74, 6) is -1.77. The monoisotopic (exact) mass is 451 g/mol. The Balaban J connectivity index is 1.63. The summed E-state index contributed by atoms with van der Waals surface area (Å²) in [6, 6.07) is 6.17. The second-order valence-electron chi connectivity index (χ2n) is 7.95. The van der Waals surface area contributed by atoms with E-state index >= 15 is 0 Å². The first-order valence-electron chi connectivity index (χ1n) is 10.2. The summed E-state index contributed by atoms with van der Waals surface area (Å²) in [7, 11) is 1.28. The van der Waals surface area contributed by atoms with E-state index in [9.17, 15) is 26.7 Å². The molecule has 0 spiro atoms. The first-order chi connectivity index (χ1) is 14.7. The number of ether oxygens (including phenoxy) is 3. The van der Waals surface area contributed by atoms with Crippen LogP contribution in [0.15, 0.2) is 24.3 Å². The van der Waals surface area contributed by atoms with Gasteiger partial charge in [-0.05, 0) is 56.4 Å². The van der Waals surface area contributed by atoms with Gasteiger partial charge in [-0.1, -0.05) is 0 Å². The zero-order valence-electron chi connectivity index (χ0n) is 17.1. The Morgan fingerprint density at radius 1 is 1.10 bits per heavy atom. The Kier molecular flexibility index (Phi) is 7.74. The van der Waals surface area contributed by atoms with Crippen LogP contribution in [0.5, 0.6) is 0 Å². The van der Waals surface area contributed by atoms with Crippen molar-refractivity contribution in [2.75, 3.05) is 25.2 Å². The minimum absolute atomic E-state index is 0.0392. The largest absolute Gasteiger partial charge is 0.465 e. The predicted molar refractivity (Wildman–Crippen MR) is 102 cm³/mol. The number of nitrogens with zero attached hydrogens (tertiary/aromatic N) is 1. The van der Waals surface area contributed by atoms with Crippen LogP contribution in [-0.2, 0) is 14.2 Å². The summed E-state index contributed by atoms with van der Waals surface area (Å²) < 4.78 is 79.0. The molecule has 0 radical (unpaired) electrons. The number of hydrogen-bond donors (Lipinski definition) is 0. The smallest absolute Gasteiger partial charge is 0.391 e. The van der Waals surface area contributed by atoms with E-state index < -0.39 is 24.7 Å². The summed E-state index contributed by atoms with van der Waals surface area (Å²) in [5, 5.41) is 0. The molecule has 0 amide bonds. The van der Waals surface area contributed by atoms with E-state index in [1.165, 1.54) is 7.11 Å². The van der Waals surface area contributed by atoms with E-state index in [-0.39, 0.29) is 37.7 Å². The van der Waals surface area contributed by atoms with Crippen molar-refractivity contribution in [3.63, 3.8) is 0 Å². The van der Waals surface area contributed by atoms with Crippen LogP contribution < -0.4 is 4.90 Å². The third kappa shape index (κ3) is 6.29. The number of halogens is 5. The lowest BCUT2D eigenvalue weighted by Gasteiger charge is -2.31. The molecule has 0 aromatic heterocycles. The minimum atomic E-state index is -4.18. The zero-order valence-corrected chi connectivity index (χ0v) is 17.1. The summed E-state index contributed by atoms with van der Waals surface area (Å²) in [5.41, 5.74) is 1.07. The fraction of sp³-hybridized carbons (Fsp3) is 0.667. The van der Waals surface area contributed by atoms with Crippen molar-refractivity contribution in [1.29, 1.82) is 0 Å². The first-order valence-corrected chi connectivity index (χ1v) is 10.2. The molecule has 1 saturated carbocycles. The molecule has 1 aromatic rings. The van der Waals surface area contributed by atoms with Crippen molar-refractivity contribution in [2.24, 2.45) is 5.92 Å². The Bertz CT molecular complexity index is 719. The topological polar surface area (TPSA) is 48.0 Å². The van der Waals surface area contributed by atoms with Gasteiger partial charge in [0.05, 0.1) is 43.4 Å². The van der Waals surface area contributed by atoms with Crippen LogP contribution in [0.25, 0.3) is 0 Å². The van der Waals surface area contributed by atoms with Crippen molar-refractivity contribution < 1.29 is 41.0 Å². The number of hydrogen-bond acceptors (Lipinski definition) is 5. The van der Waals surface area contributed by atoms with Crippen molar-refractivity contribution in [3.05, 3.63) is 29.8 Å². The third-order valence-electron chi connectivity index (χ3n) is 5.93. The van der Waals surface area contributed by atoms with Crippen molar-refractivity contribution in [2.45, 2.75) is 63.1 Å². The summed E-state index contributed by atoms with van der Waals surface area (Å²) >= 11 is 0. The molecule has 10 heteroatoms. The highest BCUT2D eigenvalue weighted by atomic mass is 19.4. The predicted octanol–water partition coefficient (Wildman–Crippen LogP) is 4.80. The molecular formula is C21H26F5NO4. The molecular weight excluding hydrogens is 425 g/mol. The van der Waals surface area contributed by atoms with E-state index in [4.69, 9.17) is 4.74 Å². The SMILES string of the molecule is COC(=O)c1ccc(N2C[C@@H](OC3CCC(C(F)(F)F)CC3)C[C@H]2COC(F)F)cc1. The number of esters is 1. The van der Waals surface area contributed by atoms with Gasteiger partial charge >= 0.3 is 18.8 Å². The highest BCUT2D eigenvalue weighted by Gasteiger charge is 2.42. The van der Waals surface area contributed by atoms with Crippen LogP contribution in [-0.4, -0.2) is 57.3 Å². The lowest BCUT2D eigenvalue weighted by atomic mass is 9.87. The van der Waals surface area contributed by atoms with E-state index in [2.05, 4.69) is 9.47 Å². The van der Waals surface area contributed by atoms with E-state index in [1.807, 2.05) is 4.90 Å². The van der Waals surface area contributed by atoms with Gasteiger partial charge in [0, 0.05) is 12.2 Å². The highest BCUT2D eigenvalue weighted by molar-refractivity contribution is 5.89. The van der Waals surface area contributed by atoms with Gasteiger partial charge in [0.1, 0.15) is 0 Å². The van der Waals surface area contributed by atoms with Gasteiger partial charge in [-0.15, -0.1) is 0 Å². The molecule has 1 aromatic carbocycles. The molecule has 3 rings (SSSR count). The van der Waals surface area contributed by atoms with Crippen LogP contribution in [0.4, 0.5) is 27.6 Å². The number of carbonyl (C=O) groups is 1. The molecule has 2 fully saturated rings. The van der Waals surface area contributed by atoms with Crippen molar-refractivity contribution >= 4 is 11.7 Å². The molecule has 0 bridgehead atoms. The molecule has 0 unspecified atom stereocenters. The number of methoxy groups -OCH3 is 1. The lowest BCUT2D eigenvalue weighted by Crippen LogP contribution is -2.34. The molecule has 2 atom stereocenters. The number of carbonyl (C=O) groups excluding carboxylic acids is 1. The molecule has 1 aliphatic heterocycles. The molecule has 2 aliphatic rings.